The number of rotatable bonds is 7. The van der Waals surface area contributed by atoms with E-state index in [-0.39, 0.29) is 0 Å². The number of fused-ring (bicyclic) bond motifs is 2. The third kappa shape index (κ3) is 5.18. The van der Waals surface area contributed by atoms with Crippen LogP contribution in [0.5, 0.6) is 0 Å². The fourth-order valence-corrected chi connectivity index (χ4v) is 5.72. The summed E-state index contributed by atoms with van der Waals surface area (Å²) in [6, 6.07) is 55.5. The summed E-state index contributed by atoms with van der Waals surface area (Å²) in [4.78, 5) is 7.24. The fourth-order valence-electron chi connectivity index (χ4n) is 5.72. The zero-order valence-corrected chi connectivity index (χ0v) is 23.3. The van der Waals surface area contributed by atoms with E-state index < -0.39 is 0 Å². The lowest BCUT2D eigenvalue weighted by Crippen LogP contribution is -2.10. The third-order valence-electron chi connectivity index (χ3n) is 7.67. The van der Waals surface area contributed by atoms with Crippen LogP contribution in [0.4, 0.5) is 17.1 Å². The van der Waals surface area contributed by atoms with Crippen molar-refractivity contribution in [1.29, 1.82) is 0 Å². The Morgan fingerprint density at radius 2 is 1.00 bits per heavy atom. The zero-order chi connectivity index (χ0) is 28.1. The van der Waals surface area contributed by atoms with Crippen molar-refractivity contribution in [1.82, 2.24) is 4.98 Å². The molecule has 7 rings (SSSR count). The quantitative estimate of drug-likeness (QED) is 0.188. The van der Waals surface area contributed by atoms with Crippen LogP contribution in [0.2, 0.25) is 0 Å². The van der Waals surface area contributed by atoms with E-state index in [1.807, 2.05) is 0 Å². The minimum absolute atomic E-state index is 0.815. The minimum Gasteiger partial charge on any atom is -0.310 e. The van der Waals surface area contributed by atoms with Gasteiger partial charge in [0.05, 0.1) is 11.0 Å². The number of para-hydroxylation sites is 4. The number of allylic oxidation sites excluding steroid dienone is 1. The second kappa shape index (κ2) is 11.6. The van der Waals surface area contributed by atoms with Crippen molar-refractivity contribution in [2.24, 2.45) is 0 Å². The number of pyridine rings is 1. The Morgan fingerprint density at radius 1 is 0.476 bits per heavy atom. The topological polar surface area (TPSA) is 16.1 Å². The molecule has 0 aliphatic heterocycles. The molecule has 6 aromatic carbocycles. The first kappa shape index (κ1) is 25.5. The molecule has 0 saturated carbocycles. The van der Waals surface area contributed by atoms with Gasteiger partial charge < -0.3 is 4.90 Å². The average molecular weight is 539 g/mol. The maximum Gasteiger partial charge on any atom is 0.0712 e. The van der Waals surface area contributed by atoms with Crippen LogP contribution in [-0.2, 0) is 6.42 Å². The highest BCUT2D eigenvalue weighted by Gasteiger charge is 2.14. The van der Waals surface area contributed by atoms with Gasteiger partial charge >= 0.3 is 0 Å². The lowest BCUT2D eigenvalue weighted by Gasteiger charge is -2.26. The van der Waals surface area contributed by atoms with E-state index in [9.17, 15) is 0 Å². The van der Waals surface area contributed by atoms with Crippen LogP contribution < -0.4 is 4.90 Å². The van der Waals surface area contributed by atoms with E-state index in [0.717, 1.165) is 40.1 Å². The van der Waals surface area contributed by atoms with Crippen molar-refractivity contribution in [3.05, 3.63) is 175 Å². The first-order valence-electron chi connectivity index (χ1n) is 14.4. The smallest absolute Gasteiger partial charge is 0.0712 e. The van der Waals surface area contributed by atoms with E-state index in [4.69, 9.17) is 4.98 Å². The van der Waals surface area contributed by atoms with Crippen LogP contribution in [0.15, 0.2) is 164 Å². The van der Waals surface area contributed by atoms with Gasteiger partial charge in [-0.05, 0) is 83.3 Å². The zero-order valence-electron chi connectivity index (χ0n) is 23.3. The molecule has 2 heteroatoms. The van der Waals surface area contributed by atoms with Crippen molar-refractivity contribution in [3.63, 3.8) is 0 Å². The van der Waals surface area contributed by atoms with E-state index in [2.05, 4.69) is 175 Å². The van der Waals surface area contributed by atoms with E-state index >= 15 is 0 Å². The molecular weight excluding hydrogens is 508 g/mol. The molecule has 0 aliphatic carbocycles. The van der Waals surface area contributed by atoms with Crippen molar-refractivity contribution < 1.29 is 0 Å². The largest absolute Gasteiger partial charge is 0.310 e. The SMILES string of the molecule is C(=Cc1cc(-c2ccccc2)cc(N(c2ccccc2)c2ccccc2)c1)Cc1c2ccccc2nc2ccccc12. The molecule has 0 amide bonds. The molecule has 0 bridgehead atoms. The highest BCUT2D eigenvalue weighted by Crippen LogP contribution is 2.37. The summed E-state index contributed by atoms with van der Waals surface area (Å²) in [7, 11) is 0. The number of hydrogen-bond donors (Lipinski definition) is 0. The normalized spacial score (nSPS) is 11.3. The molecule has 0 unspecified atom stereocenters. The second-order valence-corrected chi connectivity index (χ2v) is 10.4. The van der Waals surface area contributed by atoms with Crippen LogP contribution >= 0.6 is 0 Å². The minimum atomic E-state index is 0.815. The highest BCUT2D eigenvalue weighted by atomic mass is 15.1. The monoisotopic (exact) mass is 538 g/mol. The molecule has 0 saturated heterocycles. The Bertz CT molecular complexity index is 1900. The molecule has 2 nitrogen and oxygen atoms in total. The number of hydrogen-bond acceptors (Lipinski definition) is 2. The van der Waals surface area contributed by atoms with Crippen molar-refractivity contribution >= 4 is 44.9 Å². The van der Waals surface area contributed by atoms with Gasteiger partial charge in [-0.2, -0.15) is 0 Å². The predicted octanol–water partition coefficient (Wildman–Crippen LogP) is 10.8. The Labute approximate surface area is 246 Å². The summed E-state index contributed by atoms with van der Waals surface area (Å²) in [5, 5.41) is 2.41. The Kier molecular flexibility index (Phi) is 7.02. The van der Waals surface area contributed by atoms with Crippen molar-refractivity contribution in [2.45, 2.75) is 6.42 Å². The molecule has 200 valence electrons. The van der Waals surface area contributed by atoms with Gasteiger partial charge in [-0.25, -0.2) is 4.98 Å². The van der Waals surface area contributed by atoms with Gasteiger partial charge in [0, 0.05) is 27.8 Å². The van der Waals surface area contributed by atoms with Crippen LogP contribution in [-0.4, -0.2) is 4.98 Å². The summed E-state index contributed by atoms with van der Waals surface area (Å²) in [5.41, 5.74) is 10.3. The maximum atomic E-state index is 4.91. The average Bonchev–Trinajstić information content (AvgIpc) is 3.06. The lowest BCUT2D eigenvalue weighted by atomic mass is 9.98. The Hall–Kier alpha value is -5.47. The van der Waals surface area contributed by atoms with Gasteiger partial charge in [0.2, 0.25) is 0 Å². The first-order valence-corrected chi connectivity index (χ1v) is 14.4. The van der Waals surface area contributed by atoms with Crippen molar-refractivity contribution in [2.75, 3.05) is 4.90 Å². The van der Waals surface area contributed by atoms with Crippen LogP contribution in [0.25, 0.3) is 39.0 Å². The van der Waals surface area contributed by atoms with Gasteiger partial charge in [0.1, 0.15) is 0 Å². The summed E-state index contributed by atoms with van der Waals surface area (Å²) >= 11 is 0. The lowest BCUT2D eigenvalue weighted by molar-refractivity contribution is 1.28. The molecule has 0 atom stereocenters. The molecule has 0 radical (unpaired) electrons. The number of aromatic nitrogens is 1. The van der Waals surface area contributed by atoms with Gasteiger partial charge in [-0.15, -0.1) is 0 Å². The Balaban J connectivity index is 1.34. The molecule has 0 spiro atoms. The first-order chi connectivity index (χ1) is 20.8. The Morgan fingerprint density at radius 3 is 1.60 bits per heavy atom. The molecule has 0 aliphatic rings. The summed E-state index contributed by atoms with van der Waals surface area (Å²) in [5.74, 6) is 0. The van der Waals surface area contributed by atoms with E-state index in [1.165, 1.54) is 27.5 Å². The number of anilines is 3. The maximum absolute atomic E-state index is 4.91. The number of nitrogens with zero attached hydrogens (tertiary/aromatic N) is 2. The van der Waals surface area contributed by atoms with Crippen molar-refractivity contribution in [3.8, 4) is 11.1 Å². The van der Waals surface area contributed by atoms with Crippen LogP contribution in [0.1, 0.15) is 11.1 Å². The van der Waals surface area contributed by atoms with Gasteiger partial charge in [-0.3, -0.25) is 0 Å². The molecule has 1 heterocycles. The summed E-state index contributed by atoms with van der Waals surface area (Å²) in [6.07, 6.45) is 5.36. The van der Waals surface area contributed by atoms with Gasteiger partial charge in [-0.1, -0.05) is 115 Å². The highest BCUT2D eigenvalue weighted by molar-refractivity contribution is 5.97. The van der Waals surface area contributed by atoms with Crippen LogP contribution in [0, 0.1) is 0 Å². The number of benzene rings is 6. The summed E-state index contributed by atoms with van der Waals surface area (Å²) < 4.78 is 0. The third-order valence-corrected chi connectivity index (χ3v) is 7.67. The fraction of sp³-hybridized carbons (Fsp3) is 0.0250. The molecule has 1 aromatic heterocycles. The molecular formula is C40H30N2. The van der Waals surface area contributed by atoms with Gasteiger partial charge in [0.25, 0.3) is 0 Å². The van der Waals surface area contributed by atoms with E-state index in [1.54, 1.807) is 0 Å². The summed E-state index contributed by atoms with van der Waals surface area (Å²) in [6.45, 7) is 0. The molecule has 0 N–H and O–H groups in total. The second-order valence-electron chi connectivity index (χ2n) is 10.4. The molecule has 42 heavy (non-hydrogen) atoms. The van der Waals surface area contributed by atoms with Crippen LogP contribution in [0.3, 0.4) is 0 Å². The standard InChI is InChI=1S/C40H30N2/c1-4-16-31(17-5-1)32-27-30(28-35(29-32)42(33-18-6-2-7-19-33)34-20-8-3-9-21-34)15-14-24-36-37-22-10-12-25-39(37)41-40-26-13-11-23-38(36)40/h1-23,25-29H,24H2. The van der Waals surface area contributed by atoms with Gasteiger partial charge in [0.15, 0.2) is 0 Å². The molecule has 7 aromatic rings. The van der Waals surface area contributed by atoms with E-state index in [0.29, 0.717) is 0 Å². The molecule has 0 fully saturated rings. The predicted molar refractivity (Wildman–Crippen MR) is 179 cm³/mol.